The summed E-state index contributed by atoms with van der Waals surface area (Å²) in [4.78, 5) is 0. The van der Waals surface area contributed by atoms with Crippen molar-refractivity contribution >= 4 is 39.1 Å². The highest BCUT2D eigenvalue weighted by Gasteiger charge is 2.16. The second kappa shape index (κ2) is 10.7. The number of rotatable bonds is 8. The zero-order valence-electron chi connectivity index (χ0n) is 16.1. The van der Waals surface area contributed by atoms with E-state index in [9.17, 15) is 0 Å². The molecule has 0 amide bonds. The molecule has 1 aliphatic carbocycles. The maximum atomic E-state index is 6.26. The molecule has 0 heterocycles. The van der Waals surface area contributed by atoms with Gasteiger partial charge in [0.05, 0.1) is 11.1 Å². The Labute approximate surface area is 185 Å². The molecule has 0 aliphatic heterocycles. The standard InChI is InChI=1S/C22H26BrCl2NO2/c1-2-27-21-12-15(13-26-16-7-4-3-5-8-16)11-18(23)22(21)28-14-17-19(24)9-6-10-20(17)25/h6,9-12,16,26H,2-5,7-8,13-14H2,1H3. The molecule has 3 rings (SSSR count). The van der Waals surface area contributed by atoms with Gasteiger partial charge in [-0.15, -0.1) is 0 Å². The first-order chi connectivity index (χ1) is 13.6. The second-order valence-corrected chi connectivity index (χ2v) is 8.71. The molecule has 0 aromatic heterocycles. The Morgan fingerprint density at radius 2 is 1.79 bits per heavy atom. The van der Waals surface area contributed by atoms with Gasteiger partial charge in [0.15, 0.2) is 11.5 Å². The van der Waals surface area contributed by atoms with Crippen LogP contribution in [0, 0.1) is 0 Å². The predicted molar refractivity (Wildman–Crippen MR) is 120 cm³/mol. The second-order valence-electron chi connectivity index (χ2n) is 7.04. The smallest absolute Gasteiger partial charge is 0.175 e. The highest BCUT2D eigenvalue weighted by Crippen LogP contribution is 2.38. The maximum absolute atomic E-state index is 6.26. The van der Waals surface area contributed by atoms with Crippen molar-refractivity contribution < 1.29 is 9.47 Å². The topological polar surface area (TPSA) is 30.5 Å². The van der Waals surface area contributed by atoms with Gasteiger partial charge >= 0.3 is 0 Å². The lowest BCUT2D eigenvalue weighted by molar-refractivity contribution is 0.267. The van der Waals surface area contributed by atoms with E-state index in [1.807, 2.05) is 31.2 Å². The summed E-state index contributed by atoms with van der Waals surface area (Å²) in [6, 6.07) is 10.2. The first kappa shape index (κ1) is 21.8. The molecule has 1 fully saturated rings. The van der Waals surface area contributed by atoms with E-state index in [1.165, 1.54) is 37.7 Å². The molecule has 2 aromatic carbocycles. The molecule has 6 heteroatoms. The Bertz CT molecular complexity index is 774. The quantitative estimate of drug-likeness (QED) is 0.429. The monoisotopic (exact) mass is 485 g/mol. The first-order valence-electron chi connectivity index (χ1n) is 9.82. The third kappa shape index (κ3) is 5.79. The van der Waals surface area contributed by atoms with Crippen molar-refractivity contribution in [2.45, 2.75) is 58.2 Å². The summed E-state index contributed by atoms with van der Waals surface area (Å²) in [5.41, 5.74) is 1.94. The Balaban J connectivity index is 1.73. The van der Waals surface area contributed by atoms with Crippen molar-refractivity contribution in [2.75, 3.05) is 6.61 Å². The molecule has 0 radical (unpaired) electrons. The van der Waals surface area contributed by atoms with Gasteiger partial charge in [-0.3, -0.25) is 0 Å². The van der Waals surface area contributed by atoms with Gasteiger partial charge in [0, 0.05) is 28.2 Å². The summed E-state index contributed by atoms with van der Waals surface area (Å²) >= 11 is 16.2. The average Bonchev–Trinajstić information content (AvgIpc) is 2.68. The third-order valence-corrected chi connectivity index (χ3v) is 6.29. The lowest BCUT2D eigenvalue weighted by Gasteiger charge is -2.23. The molecule has 152 valence electrons. The van der Waals surface area contributed by atoms with Crippen molar-refractivity contribution in [3.63, 3.8) is 0 Å². The summed E-state index contributed by atoms with van der Waals surface area (Å²) in [5.74, 6) is 1.39. The van der Waals surface area contributed by atoms with Crippen LogP contribution in [0.25, 0.3) is 0 Å². The van der Waals surface area contributed by atoms with Gasteiger partial charge in [-0.05, 0) is 65.5 Å². The summed E-state index contributed by atoms with van der Waals surface area (Å²) in [6.45, 7) is 3.63. The zero-order chi connectivity index (χ0) is 19.9. The normalized spacial score (nSPS) is 14.9. The maximum Gasteiger partial charge on any atom is 0.175 e. The lowest BCUT2D eigenvalue weighted by Crippen LogP contribution is -2.30. The molecular formula is C22H26BrCl2NO2. The predicted octanol–water partition coefficient (Wildman–Crippen LogP) is 7.16. The van der Waals surface area contributed by atoms with E-state index in [0.29, 0.717) is 28.4 Å². The summed E-state index contributed by atoms with van der Waals surface area (Å²) in [7, 11) is 0. The molecule has 0 saturated heterocycles. The van der Waals surface area contributed by atoms with Crippen LogP contribution in [0.4, 0.5) is 0 Å². The van der Waals surface area contributed by atoms with E-state index < -0.39 is 0 Å². The molecule has 1 aliphatic rings. The fourth-order valence-corrected chi connectivity index (χ4v) is 4.62. The van der Waals surface area contributed by atoms with Crippen LogP contribution in [0.5, 0.6) is 11.5 Å². The number of nitrogens with one attached hydrogen (secondary N) is 1. The van der Waals surface area contributed by atoms with Crippen LogP contribution in [0.3, 0.4) is 0 Å². The molecule has 1 saturated carbocycles. The van der Waals surface area contributed by atoms with Crippen LogP contribution in [-0.4, -0.2) is 12.6 Å². The molecule has 28 heavy (non-hydrogen) atoms. The van der Waals surface area contributed by atoms with Crippen molar-refractivity contribution in [2.24, 2.45) is 0 Å². The Morgan fingerprint density at radius 1 is 1.07 bits per heavy atom. The third-order valence-electron chi connectivity index (χ3n) is 4.99. The number of ether oxygens (including phenoxy) is 2. The first-order valence-corrected chi connectivity index (χ1v) is 11.4. The molecule has 0 spiro atoms. The number of benzene rings is 2. The molecule has 0 bridgehead atoms. The van der Waals surface area contributed by atoms with Crippen LogP contribution in [0.15, 0.2) is 34.8 Å². The fourth-order valence-electron chi connectivity index (χ4n) is 3.51. The van der Waals surface area contributed by atoms with Crippen LogP contribution in [0.2, 0.25) is 10.0 Å². The van der Waals surface area contributed by atoms with Gasteiger partial charge < -0.3 is 14.8 Å². The number of hydrogen-bond acceptors (Lipinski definition) is 3. The van der Waals surface area contributed by atoms with Gasteiger partial charge in [0.25, 0.3) is 0 Å². The van der Waals surface area contributed by atoms with Gasteiger partial charge in [0.1, 0.15) is 6.61 Å². The SMILES string of the molecule is CCOc1cc(CNC2CCCCC2)cc(Br)c1OCc1c(Cl)cccc1Cl. The molecule has 0 atom stereocenters. The van der Waals surface area contributed by atoms with E-state index in [0.717, 1.165) is 22.3 Å². The zero-order valence-corrected chi connectivity index (χ0v) is 19.2. The fraction of sp³-hybridized carbons (Fsp3) is 0.455. The van der Waals surface area contributed by atoms with Crippen LogP contribution >= 0.6 is 39.1 Å². The van der Waals surface area contributed by atoms with E-state index in [-0.39, 0.29) is 6.61 Å². The van der Waals surface area contributed by atoms with E-state index in [4.69, 9.17) is 32.7 Å². The minimum absolute atomic E-state index is 0.275. The van der Waals surface area contributed by atoms with E-state index >= 15 is 0 Å². The minimum atomic E-state index is 0.275. The summed E-state index contributed by atoms with van der Waals surface area (Å²) in [6.07, 6.45) is 6.53. The van der Waals surface area contributed by atoms with E-state index in [1.54, 1.807) is 0 Å². The van der Waals surface area contributed by atoms with Crippen molar-refractivity contribution in [1.29, 1.82) is 0 Å². The van der Waals surface area contributed by atoms with Gasteiger partial charge in [-0.2, -0.15) is 0 Å². The van der Waals surface area contributed by atoms with Crippen LogP contribution < -0.4 is 14.8 Å². The summed E-state index contributed by atoms with van der Waals surface area (Å²) < 4.78 is 12.8. The van der Waals surface area contributed by atoms with Crippen molar-refractivity contribution in [1.82, 2.24) is 5.32 Å². The van der Waals surface area contributed by atoms with Gasteiger partial charge in [-0.1, -0.05) is 48.5 Å². The largest absolute Gasteiger partial charge is 0.490 e. The van der Waals surface area contributed by atoms with Gasteiger partial charge in [-0.25, -0.2) is 0 Å². The lowest BCUT2D eigenvalue weighted by atomic mass is 9.95. The molecule has 1 N–H and O–H groups in total. The van der Waals surface area contributed by atoms with Crippen molar-refractivity contribution in [3.05, 3.63) is 56.0 Å². The average molecular weight is 487 g/mol. The van der Waals surface area contributed by atoms with E-state index in [2.05, 4.69) is 27.3 Å². The van der Waals surface area contributed by atoms with Crippen molar-refractivity contribution in [3.8, 4) is 11.5 Å². The Morgan fingerprint density at radius 3 is 2.46 bits per heavy atom. The molecule has 3 nitrogen and oxygen atoms in total. The minimum Gasteiger partial charge on any atom is -0.490 e. The van der Waals surface area contributed by atoms with Gasteiger partial charge in [0.2, 0.25) is 0 Å². The molecular weight excluding hydrogens is 461 g/mol. The Hall–Kier alpha value is -0.940. The highest BCUT2D eigenvalue weighted by atomic mass is 79.9. The van der Waals surface area contributed by atoms with Crippen LogP contribution in [0.1, 0.15) is 50.2 Å². The molecule has 0 unspecified atom stereocenters. The Kier molecular flexibility index (Phi) is 8.34. The summed E-state index contributed by atoms with van der Waals surface area (Å²) in [5, 5.41) is 4.86. The number of halogens is 3. The molecule has 2 aromatic rings. The number of hydrogen-bond donors (Lipinski definition) is 1. The van der Waals surface area contributed by atoms with Crippen LogP contribution in [-0.2, 0) is 13.2 Å². The highest BCUT2D eigenvalue weighted by molar-refractivity contribution is 9.10.